The Morgan fingerprint density at radius 2 is 2.00 bits per heavy atom. The number of anilines is 1. The Hall–Kier alpha value is -2.15. The van der Waals surface area contributed by atoms with Gasteiger partial charge in [-0.1, -0.05) is 0 Å². The van der Waals surface area contributed by atoms with Crippen LogP contribution in [0.3, 0.4) is 0 Å². The van der Waals surface area contributed by atoms with Gasteiger partial charge in [-0.15, -0.1) is 0 Å². The number of nitrogens with zero attached hydrogens (tertiary/aromatic N) is 1. The van der Waals surface area contributed by atoms with Crippen molar-refractivity contribution in [3.8, 4) is 0 Å². The molecule has 102 valence electrons. The second-order valence-electron chi connectivity index (χ2n) is 4.63. The molecule has 0 spiro atoms. The number of hydrogen-bond donors (Lipinski definition) is 3. The summed E-state index contributed by atoms with van der Waals surface area (Å²) in [5.74, 6) is 0.331. The molecule has 0 aromatic heterocycles. The molecular weight excluding hydrogens is 250 g/mol. The van der Waals surface area contributed by atoms with E-state index in [1.54, 1.807) is 0 Å². The maximum absolute atomic E-state index is 11.5. The zero-order chi connectivity index (χ0) is 13.8. The first kappa shape index (κ1) is 13.3. The predicted octanol–water partition coefficient (Wildman–Crippen LogP) is 1.49. The first-order valence-corrected chi connectivity index (χ1v) is 6.02. The predicted molar refractivity (Wildman–Crippen MR) is 68.8 cm³/mol. The molecule has 1 saturated carbocycles. The summed E-state index contributed by atoms with van der Waals surface area (Å²) in [5, 5.41) is 24.9. The Morgan fingerprint density at radius 1 is 1.37 bits per heavy atom. The van der Waals surface area contributed by atoms with Crippen LogP contribution in [0.15, 0.2) is 24.3 Å². The number of carbonyl (C=O) groups is 1. The van der Waals surface area contributed by atoms with E-state index in [0.29, 0.717) is 18.2 Å². The third-order valence-electron chi connectivity index (χ3n) is 3.10. The van der Waals surface area contributed by atoms with E-state index in [2.05, 4.69) is 10.6 Å². The van der Waals surface area contributed by atoms with Crippen LogP contribution in [-0.2, 0) is 0 Å². The summed E-state index contributed by atoms with van der Waals surface area (Å²) < 4.78 is 0. The van der Waals surface area contributed by atoms with Crippen molar-refractivity contribution in [3.63, 3.8) is 0 Å². The molecule has 2 amide bonds. The van der Waals surface area contributed by atoms with Crippen molar-refractivity contribution < 1.29 is 14.8 Å². The number of nitro benzene ring substituents is 1. The number of aliphatic hydroxyl groups is 1. The van der Waals surface area contributed by atoms with Crippen molar-refractivity contribution in [2.75, 3.05) is 11.9 Å². The fourth-order valence-electron chi connectivity index (χ4n) is 1.95. The first-order valence-electron chi connectivity index (χ1n) is 6.02. The molecule has 1 aliphatic rings. The van der Waals surface area contributed by atoms with Crippen molar-refractivity contribution >= 4 is 17.4 Å². The minimum atomic E-state index is -0.494. The van der Waals surface area contributed by atoms with Gasteiger partial charge in [0.15, 0.2) is 0 Å². The van der Waals surface area contributed by atoms with Crippen molar-refractivity contribution in [1.29, 1.82) is 0 Å². The Morgan fingerprint density at radius 3 is 2.53 bits per heavy atom. The second-order valence-corrected chi connectivity index (χ2v) is 4.63. The van der Waals surface area contributed by atoms with Gasteiger partial charge in [0.2, 0.25) is 0 Å². The highest BCUT2D eigenvalue weighted by atomic mass is 16.6. The van der Waals surface area contributed by atoms with Crippen LogP contribution in [-0.4, -0.2) is 28.7 Å². The Kier molecular flexibility index (Phi) is 3.96. The molecule has 0 bridgehead atoms. The van der Waals surface area contributed by atoms with Crippen molar-refractivity contribution in [2.45, 2.75) is 18.9 Å². The summed E-state index contributed by atoms with van der Waals surface area (Å²) in [7, 11) is 0. The molecule has 1 aromatic carbocycles. The van der Waals surface area contributed by atoms with Gasteiger partial charge in [-0.3, -0.25) is 10.1 Å². The highest BCUT2D eigenvalue weighted by Gasteiger charge is 2.27. The average Bonchev–Trinajstić information content (AvgIpc) is 2.34. The lowest BCUT2D eigenvalue weighted by Gasteiger charge is -2.31. The van der Waals surface area contributed by atoms with Gasteiger partial charge >= 0.3 is 6.03 Å². The van der Waals surface area contributed by atoms with E-state index >= 15 is 0 Å². The molecule has 0 radical (unpaired) electrons. The third kappa shape index (κ3) is 3.65. The Bertz CT molecular complexity index is 468. The van der Waals surface area contributed by atoms with E-state index in [4.69, 9.17) is 5.11 Å². The van der Waals surface area contributed by atoms with E-state index in [1.165, 1.54) is 24.3 Å². The number of nitro groups is 1. The van der Waals surface area contributed by atoms with E-state index in [0.717, 1.165) is 12.8 Å². The van der Waals surface area contributed by atoms with Gasteiger partial charge in [-0.25, -0.2) is 4.79 Å². The molecule has 7 nitrogen and oxygen atoms in total. The topological polar surface area (TPSA) is 104 Å². The number of urea groups is 1. The van der Waals surface area contributed by atoms with Gasteiger partial charge in [0.25, 0.3) is 5.69 Å². The normalized spacial score (nSPS) is 21.3. The van der Waals surface area contributed by atoms with Crippen LogP contribution in [0.4, 0.5) is 16.2 Å². The maximum Gasteiger partial charge on any atom is 0.319 e. The van der Waals surface area contributed by atoms with E-state index in [9.17, 15) is 14.9 Å². The summed E-state index contributed by atoms with van der Waals surface area (Å²) in [6.45, 7) is 0.524. The quantitative estimate of drug-likeness (QED) is 0.566. The molecule has 0 heterocycles. The molecule has 0 unspecified atom stereocenters. The minimum absolute atomic E-state index is 0.0191. The number of carbonyl (C=O) groups excluding carboxylic acids is 1. The fraction of sp³-hybridized carbons (Fsp3) is 0.417. The van der Waals surface area contributed by atoms with Gasteiger partial charge in [0.05, 0.1) is 11.0 Å². The van der Waals surface area contributed by atoms with Crippen LogP contribution in [0.2, 0.25) is 0 Å². The van der Waals surface area contributed by atoms with Crippen LogP contribution in [0.25, 0.3) is 0 Å². The van der Waals surface area contributed by atoms with Crippen molar-refractivity contribution in [1.82, 2.24) is 5.32 Å². The van der Waals surface area contributed by atoms with Crippen LogP contribution in [0.5, 0.6) is 0 Å². The lowest BCUT2D eigenvalue weighted by atomic mass is 9.82. The molecule has 1 fully saturated rings. The largest absolute Gasteiger partial charge is 0.393 e. The molecule has 0 saturated heterocycles. The van der Waals surface area contributed by atoms with Gasteiger partial charge in [-0.2, -0.15) is 0 Å². The summed E-state index contributed by atoms with van der Waals surface area (Å²) >= 11 is 0. The molecule has 19 heavy (non-hydrogen) atoms. The van der Waals surface area contributed by atoms with Crippen molar-refractivity contribution in [2.24, 2.45) is 5.92 Å². The third-order valence-corrected chi connectivity index (χ3v) is 3.10. The fourth-order valence-corrected chi connectivity index (χ4v) is 1.95. The number of aliphatic hydroxyl groups excluding tert-OH is 1. The second kappa shape index (κ2) is 5.66. The van der Waals surface area contributed by atoms with E-state index in [1.807, 2.05) is 0 Å². The molecule has 3 N–H and O–H groups in total. The number of amides is 2. The van der Waals surface area contributed by atoms with E-state index in [-0.39, 0.29) is 17.8 Å². The molecule has 1 aromatic rings. The van der Waals surface area contributed by atoms with Gasteiger partial charge in [0.1, 0.15) is 0 Å². The summed E-state index contributed by atoms with van der Waals surface area (Å²) in [6.07, 6.45) is 1.21. The molecule has 0 aliphatic heterocycles. The summed E-state index contributed by atoms with van der Waals surface area (Å²) in [4.78, 5) is 21.5. The maximum atomic E-state index is 11.5. The van der Waals surface area contributed by atoms with Crippen LogP contribution >= 0.6 is 0 Å². The van der Waals surface area contributed by atoms with Gasteiger partial charge in [0, 0.05) is 24.4 Å². The van der Waals surface area contributed by atoms with Crippen molar-refractivity contribution in [3.05, 3.63) is 34.4 Å². The van der Waals surface area contributed by atoms with Crippen LogP contribution < -0.4 is 10.6 Å². The number of non-ortho nitro benzene ring substituents is 1. The average molecular weight is 265 g/mol. The first-order chi connectivity index (χ1) is 9.04. The van der Waals surface area contributed by atoms with Crippen LogP contribution in [0.1, 0.15) is 12.8 Å². The molecule has 0 atom stereocenters. The summed E-state index contributed by atoms with van der Waals surface area (Å²) in [6, 6.07) is 5.26. The number of nitrogens with one attached hydrogen (secondary N) is 2. The lowest BCUT2D eigenvalue weighted by Crippen LogP contribution is -2.39. The standard InChI is InChI=1S/C12H15N3O4/c16-11-5-8(6-11)7-13-12(17)14-9-1-3-10(4-2-9)15(18)19/h1-4,8,11,16H,5-7H2,(H2,13,14,17). The SMILES string of the molecule is O=C(NCC1CC(O)C1)Nc1ccc([N+](=O)[O-])cc1. The molecule has 2 rings (SSSR count). The smallest absolute Gasteiger partial charge is 0.319 e. The Balaban J connectivity index is 1.76. The molecule has 1 aliphatic carbocycles. The number of rotatable bonds is 4. The van der Waals surface area contributed by atoms with Crippen LogP contribution in [0, 0.1) is 16.0 Å². The molecular formula is C12H15N3O4. The number of hydrogen-bond acceptors (Lipinski definition) is 4. The van der Waals surface area contributed by atoms with Gasteiger partial charge < -0.3 is 15.7 Å². The minimum Gasteiger partial charge on any atom is -0.393 e. The highest BCUT2D eigenvalue weighted by molar-refractivity contribution is 5.89. The Labute approximate surface area is 109 Å². The zero-order valence-electron chi connectivity index (χ0n) is 10.2. The monoisotopic (exact) mass is 265 g/mol. The molecule has 7 heteroatoms. The lowest BCUT2D eigenvalue weighted by molar-refractivity contribution is -0.384. The van der Waals surface area contributed by atoms with Gasteiger partial charge in [-0.05, 0) is 30.9 Å². The highest BCUT2D eigenvalue weighted by Crippen LogP contribution is 2.26. The zero-order valence-corrected chi connectivity index (χ0v) is 10.2. The summed E-state index contributed by atoms with van der Waals surface area (Å²) in [5.41, 5.74) is 0.478. The number of benzene rings is 1. The van der Waals surface area contributed by atoms with E-state index < -0.39 is 4.92 Å².